The normalized spacial score (nSPS) is 17.3. The average Bonchev–Trinajstić information content (AvgIpc) is 2.48. The molecule has 1 heterocycles. The zero-order valence-corrected chi connectivity index (χ0v) is 12.3. The van der Waals surface area contributed by atoms with E-state index in [1.807, 2.05) is 37.3 Å². The van der Waals surface area contributed by atoms with Crippen LogP contribution in [0.1, 0.15) is 37.8 Å². The highest BCUT2D eigenvalue weighted by Crippen LogP contribution is 2.21. The van der Waals surface area contributed by atoms with Crippen LogP contribution in [0.3, 0.4) is 0 Å². The maximum atomic E-state index is 12.2. The maximum Gasteiger partial charge on any atom is 0.317 e. The Labute approximate surface area is 125 Å². The van der Waals surface area contributed by atoms with Gasteiger partial charge in [0.25, 0.3) is 0 Å². The van der Waals surface area contributed by atoms with Crippen LogP contribution in [-0.4, -0.2) is 35.1 Å². The van der Waals surface area contributed by atoms with Crippen LogP contribution in [0.25, 0.3) is 0 Å². The first-order chi connectivity index (χ1) is 10.1. The van der Waals surface area contributed by atoms with Gasteiger partial charge in [0, 0.05) is 19.5 Å². The third kappa shape index (κ3) is 4.48. The molecule has 2 N–H and O–H groups in total. The molecule has 1 aromatic carbocycles. The van der Waals surface area contributed by atoms with Crippen molar-refractivity contribution in [2.45, 2.75) is 32.2 Å². The van der Waals surface area contributed by atoms with E-state index in [4.69, 9.17) is 5.11 Å². The minimum absolute atomic E-state index is 0.0320. The largest absolute Gasteiger partial charge is 0.481 e. The summed E-state index contributed by atoms with van der Waals surface area (Å²) < 4.78 is 0. The van der Waals surface area contributed by atoms with Gasteiger partial charge in [0.2, 0.25) is 0 Å². The molecule has 0 spiro atoms. The van der Waals surface area contributed by atoms with Crippen LogP contribution < -0.4 is 5.32 Å². The third-order valence-corrected chi connectivity index (χ3v) is 4.00. The zero-order valence-electron chi connectivity index (χ0n) is 12.3. The quantitative estimate of drug-likeness (QED) is 0.895. The smallest absolute Gasteiger partial charge is 0.317 e. The number of carbonyl (C=O) groups excluding carboxylic acids is 1. The Kier molecular flexibility index (Phi) is 5.20. The third-order valence-electron chi connectivity index (χ3n) is 4.00. The van der Waals surface area contributed by atoms with Crippen LogP contribution in [0.5, 0.6) is 0 Å². The number of benzene rings is 1. The molecular formula is C16H22N2O3. The zero-order chi connectivity index (χ0) is 15.2. The lowest BCUT2D eigenvalue weighted by molar-refractivity contribution is -0.138. The van der Waals surface area contributed by atoms with Crippen molar-refractivity contribution < 1.29 is 14.7 Å². The lowest BCUT2D eigenvalue weighted by Crippen LogP contribution is -2.45. The van der Waals surface area contributed by atoms with Crippen LogP contribution in [0.2, 0.25) is 0 Å². The van der Waals surface area contributed by atoms with Crippen molar-refractivity contribution in [3.8, 4) is 0 Å². The number of amides is 2. The summed E-state index contributed by atoms with van der Waals surface area (Å²) in [7, 11) is 0. The van der Waals surface area contributed by atoms with E-state index in [1.54, 1.807) is 4.90 Å². The molecule has 21 heavy (non-hydrogen) atoms. The van der Waals surface area contributed by atoms with Crippen molar-refractivity contribution in [3.05, 3.63) is 35.9 Å². The van der Waals surface area contributed by atoms with E-state index in [-0.39, 0.29) is 24.4 Å². The number of piperidine rings is 1. The number of rotatable bonds is 4. The monoisotopic (exact) mass is 290 g/mol. The van der Waals surface area contributed by atoms with Crippen LogP contribution in [0.15, 0.2) is 30.3 Å². The summed E-state index contributed by atoms with van der Waals surface area (Å²) >= 11 is 0. The standard InChI is InChI=1S/C16H22N2O3/c1-12(14-5-3-2-4-6-14)17-16(21)18-9-7-13(8-10-18)11-15(19)20/h2-6,12-13H,7-11H2,1H3,(H,17,21)(H,19,20). The molecule has 1 unspecified atom stereocenters. The van der Waals surface area contributed by atoms with Gasteiger partial charge in [-0.1, -0.05) is 30.3 Å². The van der Waals surface area contributed by atoms with E-state index in [0.717, 1.165) is 18.4 Å². The molecule has 0 saturated carbocycles. The molecule has 1 aliphatic rings. The van der Waals surface area contributed by atoms with E-state index < -0.39 is 5.97 Å². The Hall–Kier alpha value is -2.04. The number of aliphatic carboxylic acids is 1. The van der Waals surface area contributed by atoms with E-state index in [2.05, 4.69) is 5.32 Å². The summed E-state index contributed by atoms with van der Waals surface area (Å²) in [4.78, 5) is 24.7. The molecule has 0 radical (unpaired) electrons. The highest BCUT2D eigenvalue weighted by molar-refractivity contribution is 5.75. The summed E-state index contributed by atoms with van der Waals surface area (Å²) in [5.41, 5.74) is 1.08. The second kappa shape index (κ2) is 7.11. The Balaban J connectivity index is 1.81. The number of nitrogens with one attached hydrogen (secondary N) is 1. The highest BCUT2D eigenvalue weighted by atomic mass is 16.4. The first-order valence-corrected chi connectivity index (χ1v) is 7.38. The van der Waals surface area contributed by atoms with Gasteiger partial charge in [-0.15, -0.1) is 0 Å². The molecule has 1 aliphatic heterocycles. The SMILES string of the molecule is CC(NC(=O)N1CCC(CC(=O)O)CC1)c1ccccc1. The van der Waals surface area contributed by atoms with E-state index >= 15 is 0 Å². The van der Waals surface area contributed by atoms with E-state index in [9.17, 15) is 9.59 Å². The van der Waals surface area contributed by atoms with Crippen molar-refractivity contribution in [2.24, 2.45) is 5.92 Å². The fraction of sp³-hybridized carbons (Fsp3) is 0.500. The molecule has 5 heteroatoms. The topological polar surface area (TPSA) is 69.6 Å². The molecule has 1 aromatic rings. The lowest BCUT2D eigenvalue weighted by atomic mass is 9.94. The van der Waals surface area contributed by atoms with Gasteiger partial charge >= 0.3 is 12.0 Å². The second-order valence-electron chi connectivity index (χ2n) is 5.61. The molecule has 0 aromatic heterocycles. The lowest BCUT2D eigenvalue weighted by Gasteiger charge is -2.32. The van der Waals surface area contributed by atoms with Gasteiger partial charge in [0.05, 0.1) is 6.04 Å². The molecule has 2 amide bonds. The minimum atomic E-state index is -0.754. The molecule has 1 saturated heterocycles. The Morgan fingerprint density at radius 3 is 2.48 bits per heavy atom. The maximum absolute atomic E-state index is 12.2. The van der Waals surface area contributed by atoms with Crippen molar-refractivity contribution in [2.75, 3.05) is 13.1 Å². The Morgan fingerprint density at radius 1 is 1.29 bits per heavy atom. The molecule has 1 fully saturated rings. The van der Waals surface area contributed by atoms with Gasteiger partial charge in [-0.05, 0) is 31.2 Å². The highest BCUT2D eigenvalue weighted by Gasteiger charge is 2.24. The van der Waals surface area contributed by atoms with Gasteiger partial charge in [0.1, 0.15) is 0 Å². The minimum Gasteiger partial charge on any atom is -0.481 e. The summed E-state index contributed by atoms with van der Waals surface area (Å²) in [6.07, 6.45) is 1.73. The van der Waals surface area contributed by atoms with Crippen molar-refractivity contribution in [1.82, 2.24) is 10.2 Å². The first-order valence-electron chi connectivity index (χ1n) is 7.38. The van der Waals surface area contributed by atoms with Crippen LogP contribution >= 0.6 is 0 Å². The van der Waals surface area contributed by atoms with Crippen molar-refractivity contribution >= 4 is 12.0 Å². The van der Waals surface area contributed by atoms with Gasteiger partial charge in [0.15, 0.2) is 0 Å². The van der Waals surface area contributed by atoms with Crippen LogP contribution in [0.4, 0.5) is 4.79 Å². The molecule has 0 bridgehead atoms. The predicted octanol–water partition coefficient (Wildman–Crippen LogP) is 2.64. The molecule has 114 valence electrons. The number of carbonyl (C=O) groups is 2. The van der Waals surface area contributed by atoms with Gasteiger partial charge < -0.3 is 15.3 Å². The van der Waals surface area contributed by atoms with Crippen molar-refractivity contribution in [1.29, 1.82) is 0 Å². The Morgan fingerprint density at radius 2 is 1.90 bits per heavy atom. The second-order valence-corrected chi connectivity index (χ2v) is 5.61. The number of likely N-dealkylation sites (tertiary alicyclic amines) is 1. The number of hydrogen-bond donors (Lipinski definition) is 2. The fourth-order valence-corrected chi connectivity index (χ4v) is 2.69. The predicted molar refractivity (Wildman–Crippen MR) is 79.9 cm³/mol. The number of carboxylic acids is 1. The first kappa shape index (κ1) is 15.4. The Bertz CT molecular complexity index is 482. The number of hydrogen-bond acceptors (Lipinski definition) is 2. The molecule has 0 aliphatic carbocycles. The van der Waals surface area contributed by atoms with Gasteiger partial charge in [-0.2, -0.15) is 0 Å². The van der Waals surface area contributed by atoms with Crippen LogP contribution in [0, 0.1) is 5.92 Å². The van der Waals surface area contributed by atoms with E-state index in [1.165, 1.54) is 0 Å². The fourth-order valence-electron chi connectivity index (χ4n) is 2.69. The number of urea groups is 1. The summed E-state index contributed by atoms with van der Waals surface area (Å²) in [5.74, 6) is -0.561. The van der Waals surface area contributed by atoms with Gasteiger partial charge in [-0.25, -0.2) is 4.79 Å². The molecule has 5 nitrogen and oxygen atoms in total. The average molecular weight is 290 g/mol. The van der Waals surface area contributed by atoms with Crippen molar-refractivity contribution in [3.63, 3.8) is 0 Å². The summed E-state index contributed by atoms with van der Waals surface area (Å²) in [6, 6.07) is 9.74. The van der Waals surface area contributed by atoms with Gasteiger partial charge in [-0.3, -0.25) is 4.79 Å². The van der Waals surface area contributed by atoms with E-state index in [0.29, 0.717) is 13.1 Å². The number of carboxylic acid groups (broad SMARTS) is 1. The summed E-state index contributed by atoms with van der Waals surface area (Å²) in [6.45, 7) is 3.22. The summed E-state index contributed by atoms with van der Waals surface area (Å²) in [5, 5.41) is 11.8. The van der Waals surface area contributed by atoms with Crippen LogP contribution in [-0.2, 0) is 4.79 Å². The molecule has 1 atom stereocenters. The molecule has 2 rings (SSSR count). The number of nitrogens with zero attached hydrogens (tertiary/aromatic N) is 1. The molecular weight excluding hydrogens is 268 g/mol.